The van der Waals surface area contributed by atoms with Gasteiger partial charge in [0.1, 0.15) is 0 Å². The lowest BCUT2D eigenvalue weighted by Crippen LogP contribution is -2.32. The predicted molar refractivity (Wildman–Crippen MR) is 90.4 cm³/mol. The van der Waals surface area contributed by atoms with E-state index in [1.807, 2.05) is 24.1 Å². The number of hydrogen-bond acceptors (Lipinski definition) is 2. The first kappa shape index (κ1) is 15.0. The highest BCUT2D eigenvalue weighted by molar-refractivity contribution is 5.83. The third-order valence-electron chi connectivity index (χ3n) is 4.81. The Hall–Kier alpha value is -1.87. The summed E-state index contributed by atoms with van der Waals surface area (Å²) < 4.78 is 0. The lowest BCUT2D eigenvalue weighted by Gasteiger charge is -2.21. The Morgan fingerprint density at radius 2 is 1.95 bits per heavy atom. The first-order valence-electron chi connectivity index (χ1n) is 8.11. The van der Waals surface area contributed by atoms with Crippen molar-refractivity contribution in [2.24, 2.45) is 11.7 Å². The van der Waals surface area contributed by atoms with E-state index < -0.39 is 0 Å². The number of fused-ring (bicyclic) bond motifs is 1. The molecule has 2 aromatic rings. The summed E-state index contributed by atoms with van der Waals surface area (Å²) in [6.45, 7) is 0.658. The standard InChI is InChI=1S/C19H24N2O/c1-21(19(22)12-17-7-4-8-18(17)20)13-14-9-10-15-5-2-3-6-16(15)11-14/h2-3,5-6,9-11,17-18H,4,7-8,12-13,20H2,1H3/t17-,18+/m0/s1. The van der Waals surface area contributed by atoms with Gasteiger partial charge in [0, 0.05) is 26.1 Å². The van der Waals surface area contributed by atoms with Crippen molar-refractivity contribution in [3.05, 3.63) is 48.0 Å². The number of hydrogen-bond donors (Lipinski definition) is 1. The van der Waals surface area contributed by atoms with E-state index in [2.05, 4.69) is 30.3 Å². The average Bonchev–Trinajstić information content (AvgIpc) is 2.92. The van der Waals surface area contributed by atoms with Crippen LogP contribution in [0.5, 0.6) is 0 Å². The molecule has 0 radical (unpaired) electrons. The zero-order valence-electron chi connectivity index (χ0n) is 13.2. The molecule has 22 heavy (non-hydrogen) atoms. The molecule has 0 heterocycles. The fourth-order valence-corrected chi connectivity index (χ4v) is 3.40. The predicted octanol–water partition coefficient (Wildman–Crippen LogP) is 3.32. The Labute approximate surface area is 132 Å². The lowest BCUT2D eigenvalue weighted by molar-refractivity contribution is -0.131. The fourth-order valence-electron chi connectivity index (χ4n) is 3.40. The van der Waals surface area contributed by atoms with Gasteiger partial charge in [-0.25, -0.2) is 0 Å². The molecule has 1 aliphatic carbocycles. The van der Waals surface area contributed by atoms with E-state index in [1.165, 1.54) is 16.3 Å². The molecule has 0 aliphatic heterocycles. The van der Waals surface area contributed by atoms with Crippen molar-refractivity contribution < 1.29 is 4.79 Å². The average molecular weight is 296 g/mol. The molecular formula is C19H24N2O. The molecule has 2 atom stereocenters. The van der Waals surface area contributed by atoms with E-state index >= 15 is 0 Å². The molecule has 0 aromatic heterocycles. The Kier molecular flexibility index (Phi) is 4.44. The Bertz CT molecular complexity index is 667. The van der Waals surface area contributed by atoms with Crippen molar-refractivity contribution in [3.63, 3.8) is 0 Å². The molecule has 3 rings (SSSR count). The van der Waals surface area contributed by atoms with E-state index in [0.29, 0.717) is 18.9 Å². The molecule has 1 saturated carbocycles. The van der Waals surface area contributed by atoms with Gasteiger partial charge in [-0.3, -0.25) is 4.79 Å². The molecule has 2 N–H and O–H groups in total. The van der Waals surface area contributed by atoms with E-state index in [1.54, 1.807) is 0 Å². The molecule has 1 amide bonds. The van der Waals surface area contributed by atoms with Gasteiger partial charge in [0.25, 0.3) is 0 Å². The van der Waals surface area contributed by atoms with Gasteiger partial charge >= 0.3 is 0 Å². The van der Waals surface area contributed by atoms with Crippen LogP contribution in [0.4, 0.5) is 0 Å². The summed E-state index contributed by atoms with van der Waals surface area (Å²) in [5.74, 6) is 0.571. The van der Waals surface area contributed by atoms with Gasteiger partial charge in [-0.05, 0) is 41.2 Å². The van der Waals surface area contributed by atoms with Gasteiger partial charge in [-0.1, -0.05) is 42.8 Å². The maximum absolute atomic E-state index is 12.4. The van der Waals surface area contributed by atoms with Crippen molar-refractivity contribution in [2.45, 2.75) is 38.3 Å². The minimum absolute atomic E-state index is 0.204. The first-order chi connectivity index (χ1) is 10.6. The van der Waals surface area contributed by atoms with Gasteiger partial charge in [-0.2, -0.15) is 0 Å². The molecule has 3 heteroatoms. The second-order valence-electron chi connectivity index (χ2n) is 6.49. The third-order valence-corrected chi connectivity index (χ3v) is 4.81. The summed E-state index contributed by atoms with van der Waals surface area (Å²) in [5.41, 5.74) is 7.24. The van der Waals surface area contributed by atoms with Crippen LogP contribution in [0.15, 0.2) is 42.5 Å². The number of nitrogens with two attached hydrogens (primary N) is 1. The second-order valence-corrected chi connectivity index (χ2v) is 6.49. The molecule has 0 saturated heterocycles. The highest BCUT2D eigenvalue weighted by Crippen LogP contribution is 2.27. The third kappa shape index (κ3) is 3.30. The van der Waals surface area contributed by atoms with E-state index in [4.69, 9.17) is 5.73 Å². The van der Waals surface area contributed by atoms with Gasteiger partial charge in [0.15, 0.2) is 0 Å². The number of amides is 1. The summed E-state index contributed by atoms with van der Waals surface area (Å²) in [6, 6.07) is 14.9. The largest absolute Gasteiger partial charge is 0.341 e. The van der Waals surface area contributed by atoms with Gasteiger partial charge in [0.05, 0.1) is 0 Å². The van der Waals surface area contributed by atoms with Gasteiger partial charge in [0.2, 0.25) is 5.91 Å². The summed E-state index contributed by atoms with van der Waals surface area (Å²) in [7, 11) is 1.89. The smallest absolute Gasteiger partial charge is 0.222 e. The van der Waals surface area contributed by atoms with Gasteiger partial charge < -0.3 is 10.6 Å². The summed E-state index contributed by atoms with van der Waals surface area (Å²) in [4.78, 5) is 14.2. The van der Waals surface area contributed by atoms with Gasteiger partial charge in [-0.15, -0.1) is 0 Å². The molecule has 3 nitrogen and oxygen atoms in total. The maximum atomic E-state index is 12.4. The van der Waals surface area contributed by atoms with Crippen molar-refractivity contribution in [1.82, 2.24) is 4.90 Å². The van der Waals surface area contributed by atoms with Crippen LogP contribution in [-0.4, -0.2) is 23.9 Å². The first-order valence-corrected chi connectivity index (χ1v) is 8.11. The van der Waals surface area contributed by atoms with E-state index in [0.717, 1.165) is 19.3 Å². The minimum atomic E-state index is 0.204. The van der Waals surface area contributed by atoms with Crippen molar-refractivity contribution >= 4 is 16.7 Å². The fraction of sp³-hybridized carbons (Fsp3) is 0.421. The quantitative estimate of drug-likeness (QED) is 0.941. The molecule has 2 aromatic carbocycles. The van der Waals surface area contributed by atoms with E-state index in [-0.39, 0.29) is 11.9 Å². The summed E-state index contributed by atoms with van der Waals surface area (Å²) in [5, 5.41) is 2.45. The highest BCUT2D eigenvalue weighted by Gasteiger charge is 2.27. The Morgan fingerprint density at radius 3 is 2.68 bits per heavy atom. The van der Waals surface area contributed by atoms with Crippen molar-refractivity contribution in [2.75, 3.05) is 7.05 Å². The number of carbonyl (C=O) groups excluding carboxylic acids is 1. The summed E-state index contributed by atoms with van der Waals surface area (Å²) >= 11 is 0. The Balaban J connectivity index is 1.64. The molecule has 0 spiro atoms. The van der Waals surface area contributed by atoms with Crippen LogP contribution in [0.25, 0.3) is 10.8 Å². The van der Waals surface area contributed by atoms with Crippen molar-refractivity contribution in [3.8, 4) is 0 Å². The second kappa shape index (κ2) is 6.49. The van der Waals surface area contributed by atoms with E-state index in [9.17, 15) is 4.79 Å². The molecule has 1 aliphatic rings. The molecule has 1 fully saturated rings. The van der Waals surface area contributed by atoms with Crippen molar-refractivity contribution in [1.29, 1.82) is 0 Å². The van der Waals surface area contributed by atoms with Crippen LogP contribution >= 0.6 is 0 Å². The molecule has 116 valence electrons. The molecule has 0 bridgehead atoms. The van der Waals surface area contributed by atoms with Crippen LogP contribution in [0.2, 0.25) is 0 Å². The SMILES string of the molecule is CN(Cc1ccc2ccccc2c1)C(=O)C[C@@H]1CCC[C@H]1N. The van der Waals surface area contributed by atoms with Crippen LogP contribution in [0, 0.1) is 5.92 Å². The van der Waals surface area contributed by atoms with Crippen LogP contribution in [-0.2, 0) is 11.3 Å². The maximum Gasteiger partial charge on any atom is 0.222 e. The molecular weight excluding hydrogens is 272 g/mol. The zero-order valence-corrected chi connectivity index (χ0v) is 13.2. The molecule has 0 unspecified atom stereocenters. The zero-order chi connectivity index (χ0) is 15.5. The topological polar surface area (TPSA) is 46.3 Å². The Morgan fingerprint density at radius 1 is 1.18 bits per heavy atom. The number of benzene rings is 2. The minimum Gasteiger partial charge on any atom is -0.341 e. The normalized spacial score (nSPS) is 21.2. The number of rotatable bonds is 4. The highest BCUT2D eigenvalue weighted by atomic mass is 16.2. The number of carbonyl (C=O) groups is 1. The lowest BCUT2D eigenvalue weighted by atomic mass is 9.99. The van der Waals surface area contributed by atoms with Crippen LogP contribution in [0.3, 0.4) is 0 Å². The monoisotopic (exact) mass is 296 g/mol. The number of nitrogens with zero attached hydrogens (tertiary/aromatic N) is 1. The summed E-state index contributed by atoms with van der Waals surface area (Å²) in [6.07, 6.45) is 3.90. The van der Waals surface area contributed by atoms with Crippen LogP contribution < -0.4 is 5.73 Å². The van der Waals surface area contributed by atoms with Crippen LogP contribution in [0.1, 0.15) is 31.2 Å².